The molecule has 1 aromatic heterocycles. The van der Waals surface area contributed by atoms with Crippen molar-refractivity contribution in [1.29, 1.82) is 0 Å². The zero-order chi connectivity index (χ0) is 11.7. The van der Waals surface area contributed by atoms with Crippen molar-refractivity contribution < 1.29 is 9.52 Å². The van der Waals surface area contributed by atoms with Crippen molar-refractivity contribution in [3.63, 3.8) is 0 Å². The van der Waals surface area contributed by atoms with E-state index in [-0.39, 0.29) is 0 Å². The Kier molecular flexibility index (Phi) is 3.60. The quantitative estimate of drug-likeness (QED) is 0.887. The molecule has 5 heteroatoms. The molecule has 2 rings (SSSR count). The van der Waals surface area contributed by atoms with E-state index in [9.17, 15) is 5.11 Å². The van der Waals surface area contributed by atoms with E-state index in [1.165, 1.54) is 0 Å². The molecule has 0 aliphatic carbocycles. The number of halogens is 3. The molecule has 2 aromatic rings. The maximum atomic E-state index is 10.1. The molecule has 0 amide bonds. The van der Waals surface area contributed by atoms with Crippen LogP contribution in [0.15, 0.2) is 39.4 Å². The van der Waals surface area contributed by atoms with E-state index in [4.69, 9.17) is 27.6 Å². The van der Waals surface area contributed by atoms with E-state index < -0.39 is 6.10 Å². The molecule has 0 saturated carbocycles. The van der Waals surface area contributed by atoms with Gasteiger partial charge in [-0.2, -0.15) is 0 Å². The summed E-state index contributed by atoms with van der Waals surface area (Å²) >= 11 is 15.0. The predicted octanol–water partition coefficient (Wildman–Crippen LogP) is 4.43. The molecule has 0 aliphatic heterocycles. The smallest absolute Gasteiger partial charge is 0.169 e. The minimum atomic E-state index is -0.919. The summed E-state index contributed by atoms with van der Waals surface area (Å²) in [5.41, 5.74) is 0.524. The van der Waals surface area contributed by atoms with Gasteiger partial charge in [0, 0.05) is 5.56 Å². The maximum absolute atomic E-state index is 10.1. The lowest BCUT2D eigenvalue weighted by molar-refractivity contribution is 0.188. The van der Waals surface area contributed by atoms with E-state index in [0.29, 0.717) is 26.0 Å². The third-order valence-corrected chi connectivity index (χ3v) is 3.40. The molecule has 0 saturated heterocycles. The Morgan fingerprint density at radius 1 is 1.19 bits per heavy atom. The SMILES string of the molecule is OC(c1ccc(Br)o1)c1cccc(Cl)c1Cl. The lowest BCUT2D eigenvalue weighted by atomic mass is 10.1. The third-order valence-electron chi connectivity index (χ3n) is 2.14. The van der Waals surface area contributed by atoms with Crippen LogP contribution in [0.1, 0.15) is 17.4 Å². The van der Waals surface area contributed by atoms with E-state index in [1.54, 1.807) is 30.3 Å². The van der Waals surface area contributed by atoms with Crippen molar-refractivity contribution in [2.45, 2.75) is 6.10 Å². The average Bonchev–Trinajstić information content (AvgIpc) is 2.68. The van der Waals surface area contributed by atoms with Crippen molar-refractivity contribution in [2.24, 2.45) is 0 Å². The van der Waals surface area contributed by atoms with Crippen LogP contribution >= 0.6 is 39.1 Å². The summed E-state index contributed by atoms with van der Waals surface area (Å²) in [6.45, 7) is 0. The van der Waals surface area contributed by atoms with Crippen LogP contribution in [0.5, 0.6) is 0 Å². The lowest BCUT2D eigenvalue weighted by Crippen LogP contribution is -1.98. The van der Waals surface area contributed by atoms with Crippen molar-refractivity contribution in [2.75, 3.05) is 0 Å². The topological polar surface area (TPSA) is 33.4 Å². The van der Waals surface area contributed by atoms with E-state index in [0.717, 1.165) is 0 Å². The predicted molar refractivity (Wildman–Crippen MR) is 66.9 cm³/mol. The molecule has 16 heavy (non-hydrogen) atoms. The highest BCUT2D eigenvalue weighted by atomic mass is 79.9. The van der Waals surface area contributed by atoms with Gasteiger partial charge in [0.15, 0.2) is 4.67 Å². The summed E-state index contributed by atoms with van der Waals surface area (Å²) in [4.78, 5) is 0. The van der Waals surface area contributed by atoms with Gasteiger partial charge in [-0.25, -0.2) is 0 Å². The molecule has 1 atom stereocenters. The Bertz CT molecular complexity index is 510. The molecule has 1 unspecified atom stereocenters. The van der Waals surface area contributed by atoms with Crippen LogP contribution in [-0.4, -0.2) is 5.11 Å². The molecule has 1 heterocycles. The number of hydrogen-bond acceptors (Lipinski definition) is 2. The monoisotopic (exact) mass is 320 g/mol. The first-order valence-electron chi connectivity index (χ1n) is 4.47. The van der Waals surface area contributed by atoms with Gasteiger partial charge in [0.25, 0.3) is 0 Å². The fourth-order valence-corrected chi connectivity index (χ4v) is 2.09. The standard InChI is InChI=1S/C11H7BrCl2O2/c12-9-5-4-8(16-9)11(15)6-2-1-3-7(13)10(6)14/h1-5,11,15H. The first-order chi connectivity index (χ1) is 7.59. The average molecular weight is 322 g/mol. The second-order valence-corrected chi connectivity index (χ2v) is 4.75. The van der Waals surface area contributed by atoms with Crippen molar-refractivity contribution >= 4 is 39.1 Å². The molecule has 0 radical (unpaired) electrons. The highest BCUT2D eigenvalue weighted by Crippen LogP contribution is 2.34. The number of rotatable bonds is 2. The Balaban J connectivity index is 2.41. The zero-order valence-corrected chi connectivity index (χ0v) is 11.1. The van der Waals surface area contributed by atoms with Crippen LogP contribution in [0.2, 0.25) is 10.0 Å². The summed E-state index contributed by atoms with van der Waals surface area (Å²) in [6, 6.07) is 8.47. The summed E-state index contributed by atoms with van der Waals surface area (Å²) in [5.74, 6) is 0.413. The van der Waals surface area contributed by atoms with Crippen LogP contribution in [0, 0.1) is 0 Å². The van der Waals surface area contributed by atoms with Crippen molar-refractivity contribution in [3.05, 3.63) is 56.4 Å². The van der Waals surface area contributed by atoms with E-state index >= 15 is 0 Å². The summed E-state index contributed by atoms with van der Waals surface area (Å²) in [6.07, 6.45) is -0.919. The number of furan rings is 1. The minimum Gasteiger partial charge on any atom is -0.451 e. The largest absolute Gasteiger partial charge is 0.451 e. The van der Waals surface area contributed by atoms with Crippen LogP contribution in [0.3, 0.4) is 0 Å². The summed E-state index contributed by atoms with van der Waals surface area (Å²) < 4.78 is 5.81. The van der Waals surface area contributed by atoms with E-state index in [1.807, 2.05) is 0 Å². The molecular formula is C11H7BrCl2O2. The first-order valence-corrected chi connectivity index (χ1v) is 6.01. The summed E-state index contributed by atoms with van der Waals surface area (Å²) in [5, 5.41) is 10.8. The molecule has 1 N–H and O–H groups in total. The molecule has 0 fully saturated rings. The normalized spacial score (nSPS) is 12.8. The molecule has 0 bridgehead atoms. The molecule has 2 nitrogen and oxygen atoms in total. The van der Waals surface area contributed by atoms with Crippen molar-refractivity contribution in [3.8, 4) is 0 Å². The Labute approximate surface area is 111 Å². The Hall–Kier alpha value is -0.480. The van der Waals surface area contributed by atoms with Gasteiger partial charge >= 0.3 is 0 Å². The first kappa shape index (κ1) is 12.0. The second kappa shape index (κ2) is 4.80. The van der Waals surface area contributed by atoms with Gasteiger partial charge in [0.05, 0.1) is 10.0 Å². The van der Waals surface area contributed by atoms with Gasteiger partial charge in [-0.15, -0.1) is 0 Å². The molecule has 0 aliphatic rings. The Morgan fingerprint density at radius 2 is 1.94 bits per heavy atom. The van der Waals surface area contributed by atoms with Crippen molar-refractivity contribution in [1.82, 2.24) is 0 Å². The van der Waals surface area contributed by atoms with Gasteiger partial charge in [-0.05, 0) is 34.1 Å². The van der Waals surface area contributed by atoms with Gasteiger partial charge in [-0.1, -0.05) is 35.3 Å². The fraction of sp³-hybridized carbons (Fsp3) is 0.0909. The fourth-order valence-electron chi connectivity index (χ4n) is 1.36. The second-order valence-electron chi connectivity index (χ2n) is 3.19. The van der Waals surface area contributed by atoms with Gasteiger partial charge in [0.1, 0.15) is 11.9 Å². The maximum Gasteiger partial charge on any atom is 0.169 e. The number of benzene rings is 1. The van der Waals surface area contributed by atoms with E-state index in [2.05, 4.69) is 15.9 Å². The van der Waals surface area contributed by atoms with Gasteiger partial charge in [-0.3, -0.25) is 0 Å². The minimum absolute atomic E-state index is 0.337. The highest BCUT2D eigenvalue weighted by molar-refractivity contribution is 9.10. The zero-order valence-electron chi connectivity index (χ0n) is 7.95. The molecule has 0 spiro atoms. The molecule has 1 aromatic carbocycles. The third kappa shape index (κ3) is 2.28. The van der Waals surface area contributed by atoms with Gasteiger partial charge in [0.2, 0.25) is 0 Å². The molecular weight excluding hydrogens is 315 g/mol. The highest BCUT2D eigenvalue weighted by Gasteiger charge is 2.18. The van der Waals surface area contributed by atoms with Crippen LogP contribution < -0.4 is 0 Å². The van der Waals surface area contributed by atoms with Crippen LogP contribution in [0.4, 0.5) is 0 Å². The van der Waals surface area contributed by atoms with Crippen LogP contribution in [0.25, 0.3) is 0 Å². The number of aliphatic hydroxyl groups is 1. The Morgan fingerprint density at radius 3 is 2.56 bits per heavy atom. The lowest BCUT2D eigenvalue weighted by Gasteiger charge is -2.10. The van der Waals surface area contributed by atoms with Crippen LogP contribution in [-0.2, 0) is 0 Å². The summed E-state index contributed by atoms with van der Waals surface area (Å²) in [7, 11) is 0. The number of hydrogen-bond donors (Lipinski definition) is 1. The van der Waals surface area contributed by atoms with Gasteiger partial charge < -0.3 is 9.52 Å². The number of aliphatic hydroxyl groups excluding tert-OH is 1. The molecule has 84 valence electrons.